The molecule has 1 aliphatic carbocycles. The molecule has 0 aromatic heterocycles. The van der Waals surface area contributed by atoms with Gasteiger partial charge in [-0.05, 0) is 43.2 Å². The quantitative estimate of drug-likeness (QED) is 0.769. The summed E-state index contributed by atoms with van der Waals surface area (Å²) in [5.41, 5.74) is 0. The molecule has 2 aliphatic rings. The van der Waals surface area contributed by atoms with Crippen LogP contribution in [-0.2, 0) is 15.6 Å². The van der Waals surface area contributed by atoms with Crippen LogP contribution in [0.2, 0.25) is 0 Å². The first kappa shape index (κ1) is 15.3. The lowest BCUT2D eigenvalue weighted by Gasteiger charge is -2.25. The maximum atomic E-state index is 6.51. The van der Waals surface area contributed by atoms with Gasteiger partial charge < -0.3 is 9.47 Å². The van der Waals surface area contributed by atoms with Gasteiger partial charge in [-0.15, -0.1) is 0 Å². The van der Waals surface area contributed by atoms with Crippen LogP contribution in [0.25, 0.3) is 10.8 Å². The molecule has 3 heteroatoms. The van der Waals surface area contributed by atoms with E-state index >= 15 is 0 Å². The van der Waals surface area contributed by atoms with Crippen LogP contribution in [-0.4, -0.2) is 30.8 Å². The van der Waals surface area contributed by atoms with Crippen LogP contribution < -0.4 is 4.74 Å². The highest BCUT2D eigenvalue weighted by Gasteiger charge is 2.32. The molecular weight excluding hydrogens is 304 g/mol. The van der Waals surface area contributed by atoms with E-state index in [2.05, 4.69) is 36.4 Å². The SMILES string of the molecule is c1ccc2c([S+]3CCOCC3)c(OC3CCCCC3)ccc2c1. The van der Waals surface area contributed by atoms with Gasteiger partial charge in [-0.1, -0.05) is 30.7 Å². The Morgan fingerprint density at radius 3 is 2.52 bits per heavy atom. The summed E-state index contributed by atoms with van der Waals surface area (Å²) in [7, 11) is 0.252. The Morgan fingerprint density at radius 1 is 0.913 bits per heavy atom. The average molecular weight is 329 g/mol. The number of hydrogen-bond donors (Lipinski definition) is 0. The topological polar surface area (TPSA) is 18.5 Å². The number of fused-ring (bicyclic) bond motifs is 1. The zero-order chi connectivity index (χ0) is 15.5. The smallest absolute Gasteiger partial charge is 0.204 e. The fraction of sp³-hybridized carbons (Fsp3) is 0.500. The van der Waals surface area contributed by atoms with Crippen molar-refractivity contribution in [1.29, 1.82) is 0 Å². The second-order valence-electron chi connectivity index (χ2n) is 6.51. The zero-order valence-electron chi connectivity index (χ0n) is 13.6. The Bertz CT molecular complexity index is 658. The predicted octanol–water partition coefficient (Wildman–Crippen LogP) is 4.56. The number of hydrogen-bond acceptors (Lipinski definition) is 2. The highest BCUT2D eigenvalue weighted by Crippen LogP contribution is 2.36. The lowest BCUT2D eigenvalue weighted by Crippen LogP contribution is -2.28. The van der Waals surface area contributed by atoms with E-state index in [4.69, 9.17) is 9.47 Å². The van der Waals surface area contributed by atoms with E-state index in [0.717, 1.165) is 30.5 Å². The molecule has 0 N–H and O–H groups in total. The van der Waals surface area contributed by atoms with E-state index < -0.39 is 0 Å². The standard InChI is InChI=1S/C20H25O2S/c1-2-7-17(8-3-1)22-19-11-10-16-6-4-5-9-18(16)20(19)23-14-12-21-13-15-23/h4-6,9-11,17H,1-3,7-8,12-15H2/q+1. The highest BCUT2D eigenvalue weighted by atomic mass is 32.2. The van der Waals surface area contributed by atoms with Crippen LogP contribution in [0.5, 0.6) is 5.75 Å². The van der Waals surface area contributed by atoms with Crippen LogP contribution >= 0.6 is 0 Å². The fourth-order valence-corrected chi connectivity index (χ4v) is 5.85. The minimum absolute atomic E-state index is 0.252. The summed E-state index contributed by atoms with van der Waals surface area (Å²) >= 11 is 0. The molecule has 2 aromatic rings. The van der Waals surface area contributed by atoms with Crippen LogP contribution in [0, 0.1) is 0 Å². The van der Waals surface area contributed by atoms with E-state index in [1.807, 2.05) is 0 Å². The van der Waals surface area contributed by atoms with Gasteiger partial charge in [0.15, 0.2) is 5.75 Å². The molecular formula is C20H25O2S+. The zero-order valence-corrected chi connectivity index (χ0v) is 14.4. The van der Waals surface area contributed by atoms with Crippen molar-refractivity contribution < 1.29 is 9.47 Å². The maximum absolute atomic E-state index is 6.51. The second-order valence-corrected chi connectivity index (χ2v) is 8.72. The van der Waals surface area contributed by atoms with E-state index in [0.29, 0.717) is 6.10 Å². The van der Waals surface area contributed by atoms with Gasteiger partial charge in [0.05, 0.1) is 19.3 Å². The van der Waals surface area contributed by atoms with Gasteiger partial charge in [0, 0.05) is 16.3 Å². The van der Waals surface area contributed by atoms with E-state index in [9.17, 15) is 0 Å². The molecule has 0 radical (unpaired) electrons. The Balaban J connectivity index is 1.72. The summed E-state index contributed by atoms with van der Waals surface area (Å²) in [6.07, 6.45) is 6.83. The van der Waals surface area contributed by atoms with Crippen LogP contribution in [0.4, 0.5) is 0 Å². The molecule has 0 amide bonds. The Labute approximate surface area is 141 Å². The maximum Gasteiger partial charge on any atom is 0.204 e. The molecule has 1 saturated carbocycles. The van der Waals surface area contributed by atoms with Gasteiger partial charge >= 0.3 is 0 Å². The number of ether oxygens (including phenoxy) is 2. The van der Waals surface area contributed by atoms with Gasteiger partial charge in [-0.2, -0.15) is 0 Å². The molecule has 0 atom stereocenters. The first-order chi connectivity index (χ1) is 11.4. The Morgan fingerprint density at radius 2 is 1.70 bits per heavy atom. The molecule has 0 bridgehead atoms. The molecule has 2 nitrogen and oxygen atoms in total. The van der Waals surface area contributed by atoms with E-state index in [1.165, 1.54) is 47.8 Å². The average Bonchev–Trinajstić information content (AvgIpc) is 2.63. The van der Waals surface area contributed by atoms with Gasteiger partial charge in [0.2, 0.25) is 4.90 Å². The molecule has 0 unspecified atom stereocenters. The Kier molecular flexibility index (Phi) is 4.77. The largest absolute Gasteiger partial charge is 0.485 e. The summed E-state index contributed by atoms with van der Waals surface area (Å²) in [5, 5.41) is 2.71. The van der Waals surface area contributed by atoms with Crippen LogP contribution in [0.1, 0.15) is 32.1 Å². The normalized spacial score (nSPS) is 20.7. The summed E-state index contributed by atoms with van der Waals surface area (Å²) < 4.78 is 12.1. The van der Waals surface area contributed by atoms with Gasteiger partial charge in [0.1, 0.15) is 11.5 Å². The monoisotopic (exact) mass is 329 g/mol. The molecule has 23 heavy (non-hydrogen) atoms. The van der Waals surface area contributed by atoms with Crippen molar-refractivity contribution in [2.45, 2.75) is 43.1 Å². The Hall–Kier alpha value is -1.19. The minimum Gasteiger partial charge on any atom is -0.485 e. The van der Waals surface area contributed by atoms with Crippen molar-refractivity contribution in [3.05, 3.63) is 36.4 Å². The van der Waals surface area contributed by atoms with Crippen molar-refractivity contribution >= 4 is 21.7 Å². The van der Waals surface area contributed by atoms with Crippen LogP contribution in [0.15, 0.2) is 41.3 Å². The lowest BCUT2D eigenvalue weighted by molar-refractivity contribution is 0.150. The molecule has 0 spiro atoms. The summed E-state index contributed by atoms with van der Waals surface area (Å²) in [6.45, 7) is 1.77. The van der Waals surface area contributed by atoms with E-state index in [-0.39, 0.29) is 10.9 Å². The number of rotatable bonds is 3. The van der Waals surface area contributed by atoms with Gasteiger partial charge in [-0.3, -0.25) is 0 Å². The lowest BCUT2D eigenvalue weighted by atomic mass is 9.98. The summed E-state index contributed by atoms with van der Waals surface area (Å²) in [6, 6.07) is 13.2. The second kappa shape index (κ2) is 7.14. The third kappa shape index (κ3) is 3.36. The molecule has 122 valence electrons. The summed E-state index contributed by atoms with van der Waals surface area (Å²) in [4.78, 5) is 1.46. The third-order valence-electron chi connectivity index (χ3n) is 4.93. The molecule has 1 saturated heterocycles. The van der Waals surface area contributed by atoms with Crippen molar-refractivity contribution in [1.82, 2.24) is 0 Å². The van der Waals surface area contributed by atoms with Crippen molar-refractivity contribution in [2.24, 2.45) is 0 Å². The van der Waals surface area contributed by atoms with Gasteiger partial charge in [-0.25, -0.2) is 0 Å². The molecule has 4 rings (SSSR count). The van der Waals surface area contributed by atoms with Crippen LogP contribution in [0.3, 0.4) is 0 Å². The van der Waals surface area contributed by atoms with Crippen molar-refractivity contribution in [3.8, 4) is 5.75 Å². The first-order valence-corrected chi connectivity index (χ1v) is 10.4. The van der Waals surface area contributed by atoms with Crippen molar-refractivity contribution in [2.75, 3.05) is 24.7 Å². The predicted molar refractivity (Wildman–Crippen MR) is 97.6 cm³/mol. The molecule has 1 heterocycles. The summed E-state index contributed by atoms with van der Waals surface area (Å²) in [5.74, 6) is 3.41. The molecule has 1 aliphatic heterocycles. The highest BCUT2D eigenvalue weighted by molar-refractivity contribution is 7.97. The fourth-order valence-electron chi connectivity index (χ4n) is 3.70. The van der Waals surface area contributed by atoms with E-state index in [1.54, 1.807) is 0 Å². The molecule has 2 fully saturated rings. The third-order valence-corrected chi connectivity index (χ3v) is 7.24. The van der Waals surface area contributed by atoms with Crippen molar-refractivity contribution in [3.63, 3.8) is 0 Å². The minimum atomic E-state index is 0.252. The first-order valence-electron chi connectivity index (χ1n) is 8.85. The van der Waals surface area contributed by atoms with Gasteiger partial charge in [0.25, 0.3) is 0 Å². The number of benzene rings is 2. The molecule has 2 aromatic carbocycles.